The predicted molar refractivity (Wildman–Crippen MR) is 368 cm³/mol. The molecular formula is C72H140O17P2. The Morgan fingerprint density at radius 3 is 0.747 bits per heavy atom. The number of esters is 4. The van der Waals surface area contributed by atoms with E-state index >= 15 is 0 Å². The molecule has 91 heavy (non-hydrogen) atoms. The first-order chi connectivity index (χ1) is 44.0. The second-order valence-electron chi connectivity index (χ2n) is 26.5. The molecule has 0 spiro atoms. The van der Waals surface area contributed by atoms with Crippen molar-refractivity contribution in [1.82, 2.24) is 0 Å². The molecule has 540 valence electrons. The first-order valence-electron chi connectivity index (χ1n) is 37.6. The molecule has 19 heteroatoms. The van der Waals surface area contributed by atoms with Crippen molar-refractivity contribution in [2.24, 2.45) is 5.92 Å². The van der Waals surface area contributed by atoms with Gasteiger partial charge in [0.1, 0.15) is 19.3 Å². The molecule has 0 heterocycles. The van der Waals surface area contributed by atoms with Crippen LogP contribution in [0.5, 0.6) is 0 Å². The number of hydrogen-bond donors (Lipinski definition) is 3. The van der Waals surface area contributed by atoms with E-state index in [1.54, 1.807) is 0 Å². The van der Waals surface area contributed by atoms with Crippen LogP contribution in [0.1, 0.15) is 375 Å². The molecule has 0 radical (unpaired) electrons. The maximum Gasteiger partial charge on any atom is 0.472 e. The number of hydrogen-bond acceptors (Lipinski definition) is 15. The zero-order valence-corrected chi connectivity index (χ0v) is 60.8. The Morgan fingerprint density at radius 2 is 0.505 bits per heavy atom. The van der Waals surface area contributed by atoms with Crippen LogP contribution in [0.15, 0.2) is 0 Å². The molecule has 0 fully saturated rings. The van der Waals surface area contributed by atoms with E-state index in [1.807, 2.05) is 0 Å². The van der Waals surface area contributed by atoms with Crippen LogP contribution in [0.2, 0.25) is 0 Å². The predicted octanol–water partition coefficient (Wildman–Crippen LogP) is 20.9. The van der Waals surface area contributed by atoms with Gasteiger partial charge in [-0.1, -0.05) is 324 Å². The molecule has 0 aromatic carbocycles. The molecule has 3 N–H and O–H groups in total. The molecule has 2 unspecified atom stereocenters. The lowest BCUT2D eigenvalue weighted by atomic mass is 10.0. The maximum absolute atomic E-state index is 13.0. The molecular weight excluding hydrogens is 1200 g/mol. The fraction of sp³-hybridized carbons (Fsp3) is 0.944. The first-order valence-corrected chi connectivity index (χ1v) is 40.6. The van der Waals surface area contributed by atoms with Crippen molar-refractivity contribution in [2.75, 3.05) is 39.6 Å². The number of unbranched alkanes of at least 4 members (excludes halogenated alkanes) is 44. The lowest BCUT2D eigenvalue weighted by molar-refractivity contribution is -0.161. The minimum atomic E-state index is -4.95. The Labute approximate surface area is 556 Å². The van der Waals surface area contributed by atoms with Crippen LogP contribution in [0, 0.1) is 5.92 Å². The van der Waals surface area contributed by atoms with Gasteiger partial charge in [-0.15, -0.1) is 0 Å². The number of phosphoric ester groups is 2. The van der Waals surface area contributed by atoms with Gasteiger partial charge in [0.05, 0.1) is 26.4 Å². The summed E-state index contributed by atoms with van der Waals surface area (Å²) in [4.78, 5) is 72.6. The molecule has 0 saturated heterocycles. The highest BCUT2D eigenvalue weighted by Gasteiger charge is 2.30. The summed E-state index contributed by atoms with van der Waals surface area (Å²) in [6.07, 6.45) is 52.7. The minimum absolute atomic E-state index is 0.107. The Morgan fingerprint density at radius 1 is 0.297 bits per heavy atom. The van der Waals surface area contributed by atoms with Crippen molar-refractivity contribution in [3.05, 3.63) is 0 Å². The Hall–Kier alpha value is -1.94. The van der Waals surface area contributed by atoms with Gasteiger partial charge in [0.25, 0.3) is 0 Å². The molecule has 0 amide bonds. The van der Waals surface area contributed by atoms with Crippen molar-refractivity contribution in [3.8, 4) is 0 Å². The molecule has 0 aliphatic heterocycles. The van der Waals surface area contributed by atoms with Crippen LogP contribution in [-0.2, 0) is 65.4 Å². The van der Waals surface area contributed by atoms with E-state index in [-0.39, 0.29) is 25.7 Å². The third-order valence-electron chi connectivity index (χ3n) is 16.8. The second-order valence-corrected chi connectivity index (χ2v) is 29.4. The summed E-state index contributed by atoms with van der Waals surface area (Å²) in [5, 5.41) is 10.6. The molecule has 0 rings (SSSR count). The van der Waals surface area contributed by atoms with Crippen molar-refractivity contribution in [2.45, 2.75) is 393 Å². The van der Waals surface area contributed by atoms with Crippen molar-refractivity contribution in [1.29, 1.82) is 0 Å². The van der Waals surface area contributed by atoms with Crippen LogP contribution < -0.4 is 0 Å². The van der Waals surface area contributed by atoms with Gasteiger partial charge in [0.2, 0.25) is 0 Å². The van der Waals surface area contributed by atoms with Crippen LogP contribution >= 0.6 is 15.6 Å². The van der Waals surface area contributed by atoms with Crippen molar-refractivity contribution >= 4 is 39.5 Å². The minimum Gasteiger partial charge on any atom is -0.462 e. The fourth-order valence-corrected chi connectivity index (χ4v) is 12.6. The molecule has 0 bridgehead atoms. The van der Waals surface area contributed by atoms with Gasteiger partial charge in [0, 0.05) is 25.7 Å². The topological polar surface area (TPSA) is 237 Å². The monoisotopic (exact) mass is 1340 g/mol. The van der Waals surface area contributed by atoms with E-state index < -0.39 is 97.5 Å². The Balaban J connectivity index is 5.20. The molecule has 0 saturated carbocycles. The average molecular weight is 1340 g/mol. The van der Waals surface area contributed by atoms with Gasteiger partial charge in [-0.05, 0) is 31.6 Å². The lowest BCUT2D eigenvalue weighted by Gasteiger charge is -2.21. The quantitative estimate of drug-likeness (QED) is 0.0222. The van der Waals surface area contributed by atoms with Crippen molar-refractivity contribution in [3.63, 3.8) is 0 Å². The van der Waals surface area contributed by atoms with E-state index in [9.17, 15) is 43.2 Å². The SMILES string of the molecule is CCCCCCCCCCCCCCCCCCCCCC(=O)O[C@H](COC(=O)CCCCCCCCCCC(C)C)COP(=O)(O)OC[C@@H](O)COP(=O)(O)OC[C@@H](COC(=O)CCCCCCCCCCCC)OC(=O)CCCCCCCCCCCCC. The fourth-order valence-electron chi connectivity index (χ4n) is 11.0. The molecule has 0 aromatic heterocycles. The third-order valence-corrected chi connectivity index (χ3v) is 18.7. The summed E-state index contributed by atoms with van der Waals surface area (Å²) in [6.45, 7) is 7.22. The zero-order chi connectivity index (χ0) is 67.0. The van der Waals surface area contributed by atoms with Crippen LogP contribution in [0.25, 0.3) is 0 Å². The smallest absolute Gasteiger partial charge is 0.462 e. The van der Waals surface area contributed by atoms with Crippen LogP contribution in [0.3, 0.4) is 0 Å². The van der Waals surface area contributed by atoms with E-state index in [1.165, 1.54) is 199 Å². The van der Waals surface area contributed by atoms with Gasteiger partial charge >= 0.3 is 39.5 Å². The van der Waals surface area contributed by atoms with Gasteiger partial charge < -0.3 is 33.8 Å². The van der Waals surface area contributed by atoms with E-state index in [4.69, 9.17) is 37.0 Å². The number of rotatable bonds is 72. The highest BCUT2D eigenvalue weighted by Crippen LogP contribution is 2.45. The summed E-state index contributed by atoms with van der Waals surface area (Å²) in [5.41, 5.74) is 0. The zero-order valence-electron chi connectivity index (χ0n) is 59.0. The number of aliphatic hydroxyl groups excluding tert-OH is 1. The number of carbonyl (C=O) groups excluding carboxylic acids is 4. The standard InChI is InChI=1S/C72H140O17P2/c1-6-9-12-15-18-21-24-25-26-27-28-29-30-31-33-36-43-48-53-58-72(77)89-68(62-83-70(75)56-51-46-41-38-37-39-44-49-54-65(4)5)64-87-91(80,81)85-60-66(73)59-84-90(78,79)86-63-67(61-82-69(74)55-50-45-40-34-23-20-17-14-11-8-3)88-71(76)57-52-47-42-35-32-22-19-16-13-10-7-2/h65-68,73H,6-64H2,1-5H3,(H,78,79)(H,80,81)/t66-,67+,68+/m0/s1. The first kappa shape index (κ1) is 89.1. The van der Waals surface area contributed by atoms with Gasteiger partial charge in [-0.3, -0.25) is 37.3 Å². The highest BCUT2D eigenvalue weighted by molar-refractivity contribution is 7.47. The summed E-state index contributed by atoms with van der Waals surface area (Å²) in [7, 11) is -9.90. The highest BCUT2D eigenvalue weighted by atomic mass is 31.2. The normalized spacial score (nSPS) is 14.0. The van der Waals surface area contributed by atoms with E-state index in [0.29, 0.717) is 25.7 Å². The largest absolute Gasteiger partial charge is 0.472 e. The summed E-state index contributed by atoms with van der Waals surface area (Å²) < 4.78 is 68.3. The van der Waals surface area contributed by atoms with Gasteiger partial charge in [-0.25, -0.2) is 9.13 Å². The molecule has 17 nitrogen and oxygen atoms in total. The van der Waals surface area contributed by atoms with Gasteiger partial charge in [0.15, 0.2) is 12.2 Å². The summed E-state index contributed by atoms with van der Waals surface area (Å²) >= 11 is 0. The molecule has 0 aromatic rings. The van der Waals surface area contributed by atoms with E-state index in [2.05, 4.69) is 34.6 Å². The number of carbonyl (C=O) groups is 4. The third kappa shape index (κ3) is 66.5. The molecule has 5 atom stereocenters. The average Bonchev–Trinajstić information content (AvgIpc) is 3.69. The number of aliphatic hydroxyl groups is 1. The summed E-state index contributed by atoms with van der Waals surface area (Å²) in [6, 6.07) is 0. The van der Waals surface area contributed by atoms with Crippen LogP contribution in [-0.4, -0.2) is 96.7 Å². The van der Waals surface area contributed by atoms with E-state index in [0.717, 1.165) is 95.8 Å². The second kappa shape index (κ2) is 65.4. The number of ether oxygens (including phenoxy) is 4. The van der Waals surface area contributed by atoms with Crippen LogP contribution in [0.4, 0.5) is 0 Å². The number of phosphoric acid groups is 2. The van der Waals surface area contributed by atoms with Crippen molar-refractivity contribution < 1.29 is 80.2 Å². The lowest BCUT2D eigenvalue weighted by Crippen LogP contribution is -2.30. The molecule has 0 aliphatic carbocycles. The summed E-state index contributed by atoms with van der Waals surface area (Å²) in [5.74, 6) is -1.39. The van der Waals surface area contributed by atoms with Gasteiger partial charge in [-0.2, -0.15) is 0 Å². The maximum atomic E-state index is 13.0. The Kier molecular flexibility index (Phi) is 64.0. The molecule has 0 aliphatic rings. The Bertz CT molecular complexity index is 1750.